The highest BCUT2D eigenvalue weighted by Crippen LogP contribution is 2.24. The van der Waals surface area contributed by atoms with Crippen LogP contribution in [0.25, 0.3) is 5.69 Å². The van der Waals surface area contributed by atoms with Crippen LogP contribution in [-0.4, -0.2) is 21.2 Å². The quantitative estimate of drug-likeness (QED) is 0.658. The van der Waals surface area contributed by atoms with Crippen LogP contribution >= 0.6 is 11.8 Å². The first kappa shape index (κ1) is 18.3. The number of rotatable bonds is 5. The number of para-hydroxylation sites is 1. The van der Waals surface area contributed by atoms with Crippen molar-refractivity contribution in [2.75, 3.05) is 11.1 Å². The molecule has 0 aliphatic carbocycles. The van der Waals surface area contributed by atoms with Gasteiger partial charge in [0.15, 0.2) is 5.16 Å². The first-order valence-electron chi connectivity index (χ1n) is 8.55. The molecule has 3 aromatic rings. The number of hydrogen-bond acceptors (Lipinski definition) is 3. The van der Waals surface area contributed by atoms with Gasteiger partial charge in [0.25, 0.3) is 0 Å². The second-order valence-corrected chi connectivity index (χ2v) is 7.47. The number of aryl methyl sites for hydroxylation is 4. The van der Waals surface area contributed by atoms with E-state index < -0.39 is 0 Å². The van der Waals surface area contributed by atoms with Crippen molar-refractivity contribution in [1.82, 2.24) is 9.55 Å². The molecule has 1 aromatic heterocycles. The second-order valence-electron chi connectivity index (χ2n) is 6.53. The predicted molar refractivity (Wildman–Crippen MR) is 108 cm³/mol. The molecule has 4 nitrogen and oxygen atoms in total. The maximum absolute atomic E-state index is 12.4. The summed E-state index contributed by atoms with van der Waals surface area (Å²) < 4.78 is 2.02. The van der Waals surface area contributed by atoms with Crippen LogP contribution in [0, 0.1) is 27.7 Å². The van der Waals surface area contributed by atoms with Gasteiger partial charge in [-0.15, -0.1) is 0 Å². The minimum Gasteiger partial charge on any atom is -0.325 e. The number of amides is 1. The molecule has 0 fully saturated rings. The number of anilines is 1. The van der Waals surface area contributed by atoms with Gasteiger partial charge >= 0.3 is 0 Å². The van der Waals surface area contributed by atoms with Crippen molar-refractivity contribution >= 4 is 23.4 Å². The first-order valence-corrected chi connectivity index (χ1v) is 9.53. The standard InChI is InChI=1S/C21H23N3OS/c1-14-10-15(2)12-18(11-14)24-9-8-22-21(24)26-13-19(25)23-20-16(3)6-5-7-17(20)4/h5-12H,13H2,1-4H3,(H,23,25). The van der Waals surface area contributed by atoms with Gasteiger partial charge in [0.05, 0.1) is 5.75 Å². The number of benzene rings is 2. The van der Waals surface area contributed by atoms with Gasteiger partial charge in [-0.1, -0.05) is 36.0 Å². The van der Waals surface area contributed by atoms with Crippen LogP contribution in [0.4, 0.5) is 5.69 Å². The van der Waals surface area contributed by atoms with E-state index in [0.717, 1.165) is 27.7 Å². The molecular formula is C21H23N3OS. The first-order chi connectivity index (χ1) is 12.4. The van der Waals surface area contributed by atoms with Gasteiger partial charge in [-0.3, -0.25) is 9.36 Å². The summed E-state index contributed by atoms with van der Waals surface area (Å²) in [6, 6.07) is 12.4. The zero-order valence-electron chi connectivity index (χ0n) is 15.5. The molecule has 2 aromatic carbocycles. The Hall–Kier alpha value is -2.53. The van der Waals surface area contributed by atoms with Crippen molar-refractivity contribution in [1.29, 1.82) is 0 Å². The third kappa shape index (κ3) is 4.17. The number of thioether (sulfide) groups is 1. The Labute approximate surface area is 158 Å². The zero-order valence-corrected chi connectivity index (χ0v) is 16.4. The summed E-state index contributed by atoms with van der Waals surface area (Å²) in [6.07, 6.45) is 3.70. The van der Waals surface area contributed by atoms with Gasteiger partial charge < -0.3 is 5.32 Å². The summed E-state index contributed by atoms with van der Waals surface area (Å²) >= 11 is 1.44. The Morgan fingerprint density at radius 3 is 2.38 bits per heavy atom. The fourth-order valence-corrected chi connectivity index (χ4v) is 3.77. The molecule has 134 valence electrons. The summed E-state index contributed by atoms with van der Waals surface area (Å²) in [5.41, 5.74) is 6.52. The molecular weight excluding hydrogens is 342 g/mol. The van der Waals surface area contributed by atoms with Gasteiger partial charge in [-0.05, 0) is 62.1 Å². The van der Waals surface area contributed by atoms with Crippen molar-refractivity contribution in [2.24, 2.45) is 0 Å². The molecule has 0 aliphatic rings. The normalized spacial score (nSPS) is 10.8. The largest absolute Gasteiger partial charge is 0.325 e. The van der Waals surface area contributed by atoms with Crippen molar-refractivity contribution in [2.45, 2.75) is 32.9 Å². The van der Waals surface area contributed by atoms with Crippen LogP contribution in [0.1, 0.15) is 22.3 Å². The molecule has 0 atom stereocenters. The van der Waals surface area contributed by atoms with E-state index in [-0.39, 0.29) is 5.91 Å². The molecule has 1 amide bonds. The molecule has 26 heavy (non-hydrogen) atoms. The lowest BCUT2D eigenvalue weighted by molar-refractivity contribution is -0.113. The number of nitrogens with zero attached hydrogens (tertiary/aromatic N) is 2. The van der Waals surface area contributed by atoms with Crippen molar-refractivity contribution in [3.63, 3.8) is 0 Å². The van der Waals surface area contributed by atoms with E-state index in [1.54, 1.807) is 6.20 Å². The van der Waals surface area contributed by atoms with Crippen molar-refractivity contribution < 1.29 is 4.79 Å². The molecule has 0 aliphatic heterocycles. The van der Waals surface area contributed by atoms with Crippen LogP contribution in [-0.2, 0) is 4.79 Å². The van der Waals surface area contributed by atoms with Crippen LogP contribution in [0.5, 0.6) is 0 Å². The summed E-state index contributed by atoms with van der Waals surface area (Å²) in [5, 5.41) is 3.83. The summed E-state index contributed by atoms with van der Waals surface area (Å²) in [4.78, 5) is 16.8. The molecule has 3 rings (SSSR count). The molecule has 0 saturated heterocycles. The maximum Gasteiger partial charge on any atom is 0.234 e. The van der Waals surface area contributed by atoms with Gasteiger partial charge in [-0.25, -0.2) is 4.98 Å². The summed E-state index contributed by atoms with van der Waals surface area (Å²) in [5.74, 6) is 0.289. The lowest BCUT2D eigenvalue weighted by Gasteiger charge is -2.12. The smallest absolute Gasteiger partial charge is 0.234 e. The Morgan fingerprint density at radius 2 is 1.73 bits per heavy atom. The Balaban J connectivity index is 1.71. The Morgan fingerprint density at radius 1 is 1.08 bits per heavy atom. The molecule has 1 heterocycles. The monoisotopic (exact) mass is 365 g/mol. The second kappa shape index (κ2) is 7.79. The minimum atomic E-state index is -0.0256. The number of carbonyl (C=O) groups excluding carboxylic acids is 1. The highest BCUT2D eigenvalue weighted by molar-refractivity contribution is 7.99. The average molecular weight is 366 g/mol. The van der Waals surface area contributed by atoms with Crippen LogP contribution in [0.3, 0.4) is 0 Å². The van der Waals surface area contributed by atoms with E-state index >= 15 is 0 Å². The number of aromatic nitrogens is 2. The van der Waals surface area contributed by atoms with Gasteiger partial charge in [-0.2, -0.15) is 0 Å². The molecule has 0 spiro atoms. The molecule has 0 unspecified atom stereocenters. The van der Waals surface area contributed by atoms with E-state index in [1.165, 1.54) is 22.9 Å². The maximum atomic E-state index is 12.4. The third-order valence-electron chi connectivity index (χ3n) is 4.17. The van der Waals surface area contributed by atoms with E-state index in [1.807, 2.05) is 42.8 Å². The van der Waals surface area contributed by atoms with Crippen LogP contribution in [0.2, 0.25) is 0 Å². The van der Waals surface area contributed by atoms with E-state index in [0.29, 0.717) is 5.75 Å². The molecule has 5 heteroatoms. The van der Waals surface area contributed by atoms with Gasteiger partial charge in [0, 0.05) is 23.8 Å². The fraction of sp³-hybridized carbons (Fsp3) is 0.238. The Bertz CT molecular complexity index is 906. The Kier molecular flexibility index (Phi) is 5.47. The van der Waals surface area contributed by atoms with Crippen LogP contribution < -0.4 is 5.32 Å². The van der Waals surface area contributed by atoms with E-state index in [2.05, 4.69) is 42.3 Å². The van der Waals surface area contributed by atoms with E-state index in [9.17, 15) is 4.79 Å². The predicted octanol–water partition coefficient (Wildman–Crippen LogP) is 4.84. The van der Waals surface area contributed by atoms with Gasteiger partial charge in [0.1, 0.15) is 0 Å². The summed E-state index contributed by atoms with van der Waals surface area (Å²) in [7, 11) is 0. The molecule has 0 bridgehead atoms. The number of hydrogen-bond donors (Lipinski definition) is 1. The lowest BCUT2D eigenvalue weighted by Crippen LogP contribution is -2.16. The topological polar surface area (TPSA) is 46.9 Å². The minimum absolute atomic E-state index is 0.0256. The third-order valence-corrected chi connectivity index (χ3v) is 5.14. The number of nitrogens with one attached hydrogen (secondary N) is 1. The lowest BCUT2D eigenvalue weighted by atomic mass is 10.1. The number of imidazole rings is 1. The SMILES string of the molecule is Cc1cc(C)cc(-n2ccnc2SCC(=O)Nc2c(C)cccc2C)c1. The fourth-order valence-electron chi connectivity index (χ4n) is 3.00. The van der Waals surface area contributed by atoms with Crippen LogP contribution in [0.15, 0.2) is 53.9 Å². The average Bonchev–Trinajstić information content (AvgIpc) is 3.04. The zero-order chi connectivity index (χ0) is 18.7. The van der Waals surface area contributed by atoms with Crippen molar-refractivity contribution in [3.8, 4) is 5.69 Å². The molecule has 0 radical (unpaired) electrons. The van der Waals surface area contributed by atoms with E-state index in [4.69, 9.17) is 0 Å². The highest BCUT2D eigenvalue weighted by atomic mass is 32.2. The highest BCUT2D eigenvalue weighted by Gasteiger charge is 2.11. The number of carbonyl (C=O) groups is 1. The van der Waals surface area contributed by atoms with Crippen molar-refractivity contribution in [3.05, 3.63) is 71.0 Å². The van der Waals surface area contributed by atoms with Gasteiger partial charge in [0.2, 0.25) is 5.91 Å². The molecule has 0 saturated carbocycles. The molecule has 1 N–H and O–H groups in total. The summed E-state index contributed by atoms with van der Waals surface area (Å²) in [6.45, 7) is 8.17.